The lowest BCUT2D eigenvalue weighted by molar-refractivity contribution is 0.639. The van der Waals surface area contributed by atoms with Gasteiger partial charge in [-0.3, -0.25) is 5.10 Å². The molecule has 0 atom stereocenters. The summed E-state index contributed by atoms with van der Waals surface area (Å²) < 4.78 is 3.81. The maximum absolute atomic E-state index is 4.00. The number of nitrogens with zero attached hydrogens (tertiary/aromatic N) is 3. The maximum atomic E-state index is 4.00. The van der Waals surface area contributed by atoms with Crippen molar-refractivity contribution >= 4 is 11.5 Å². The molecule has 2 N–H and O–H groups in total. The second-order valence-corrected chi connectivity index (χ2v) is 4.31. The fourth-order valence-electron chi connectivity index (χ4n) is 1.51. The lowest BCUT2D eigenvalue weighted by atomic mass is 10.1. The molecule has 0 spiro atoms. The van der Waals surface area contributed by atoms with Crippen molar-refractivity contribution in [2.75, 3.05) is 6.54 Å². The fourth-order valence-corrected chi connectivity index (χ4v) is 1.96. The summed E-state index contributed by atoms with van der Waals surface area (Å²) >= 11 is 1.39. The Balaban J connectivity index is 1.61. The zero-order chi connectivity index (χ0) is 11.2. The molecule has 2 heterocycles. The van der Waals surface area contributed by atoms with E-state index in [0.717, 1.165) is 31.6 Å². The highest BCUT2D eigenvalue weighted by Gasteiger charge is 2.00. The van der Waals surface area contributed by atoms with E-state index in [9.17, 15) is 0 Å². The molecule has 16 heavy (non-hydrogen) atoms. The average molecular weight is 237 g/mol. The van der Waals surface area contributed by atoms with Crippen molar-refractivity contribution in [1.29, 1.82) is 0 Å². The topological polar surface area (TPSA) is 66.5 Å². The SMILES string of the molecule is Cc1[nH]ncc1CCCNCc1csnn1. The molecular weight excluding hydrogens is 222 g/mol. The van der Waals surface area contributed by atoms with Gasteiger partial charge in [0, 0.05) is 17.6 Å². The molecule has 0 fully saturated rings. The van der Waals surface area contributed by atoms with Crippen molar-refractivity contribution in [2.45, 2.75) is 26.3 Å². The standard InChI is InChI=1S/C10H15N5S/c1-8-9(5-12-13-8)3-2-4-11-6-10-7-16-15-14-10/h5,7,11H,2-4,6H2,1H3,(H,12,13). The average Bonchev–Trinajstić information content (AvgIpc) is 2.90. The molecule has 6 heteroatoms. The number of hydrogen-bond donors (Lipinski definition) is 2. The molecule has 0 bridgehead atoms. The highest BCUT2D eigenvalue weighted by molar-refractivity contribution is 7.03. The van der Waals surface area contributed by atoms with Gasteiger partial charge < -0.3 is 5.32 Å². The normalized spacial score (nSPS) is 10.8. The van der Waals surface area contributed by atoms with Crippen LogP contribution in [0.25, 0.3) is 0 Å². The summed E-state index contributed by atoms with van der Waals surface area (Å²) in [6, 6.07) is 0. The van der Waals surface area contributed by atoms with Crippen LogP contribution < -0.4 is 5.32 Å². The Morgan fingerprint density at radius 3 is 3.12 bits per heavy atom. The largest absolute Gasteiger partial charge is 0.311 e. The van der Waals surface area contributed by atoms with E-state index >= 15 is 0 Å². The van der Waals surface area contributed by atoms with Crippen LogP contribution in [0.3, 0.4) is 0 Å². The van der Waals surface area contributed by atoms with Crippen molar-refractivity contribution in [3.63, 3.8) is 0 Å². The fraction of sp³-hybridized carbons (Fsp3) is 0.500. The molecule has 86 valence electrons. The van der Waals surface area contributed by atoms with Crippen molar-refractivity contribution < 1.29 is 0 Å². The molecule has 0 aliphatic heterocycles. The van der Waals surface area contributed by atoms with E-state index < -0.39 is 0 Å². The maximum Gasteiger partial charge on any atom is 0.0893 e. The molecular formula is C10H15N5S. The van der Waals surface area contributed by atoms with Gasteiger partial charge in [-0.05, 0) is 43.4 Å². The first kappa shape index (κ1) is 11.2. The van der Waals surface area contributed by atoms with Crippen LogP contribution in [-0.2, 0) is 13.0 Å². The monoisotopic (exact) mass is 237 g/mol. The van der Waals surface area contributed by atoms with Crippen molar-refractivity contribution in [3.8, 4) is 0 Å². The van der Waals surface area contributed by atoms with Crippen LogP contribution in [0.5, 0.6) is 0 Å². The molecule has 0 aliphatic carbocycles. The van der Waals surface area contributed by atoms with Crippen molar-refractivity contribution in [1.82, 2.24) is 25.1 Å². The molecule has 2 rings (SSSR count). The van der Waals surface area contributed by atoms with Gasteiger partial charge in [-0.25, -0.2) is 0 Å². The quantitative estimate of drug-likeness (QED) is 0.743. The lowest BCUT2D eigenvalue weighted by Crippen LogP contribution is -2.15. The van der Waals surface area contributed by atoms with E-state index in [2.05, 4.69) is 32.0 Å². The Hall–Kier alpha value is -1.27. The molecule has 0 amide bonds. The third-order valence-corrected chi connectivity index (χ3v) is 3.00. The van der Waals surface area contributed by atoms with Gasteiger partial charge in [-0.15, -0.1) is 5.10 Å². The minimum Gasteiger partial charge on any atom is -0.311 e. The van der Waals surface area contributed by atoms with E-state index in [4.69, 9.17) is 0 Å². The predicted molar refractivity (Wildman–Crippen MR) is 63.3 cm³/mol. The zero-order valence-corrected chi connectivity index (χ0v) is 10.0. The van der Waals surface area contributed by atoms with Crippen molar-refractivity contribution in [2.24, 2.45) is 0 Å². The van der Waals surface area contributed by atoms with Crippen molar-refractivity contribution in [3.05, 3.63) is 28.5 Å². The summed E-state index contributed by atoms with van der Waals surface area (Å²) in [5, 5.41) is 16.2. The molecule has 0 radical (unpaired) electrons. The number of nitrogens with one attached hydrogen (secondary N) is 2. The van der Waals surface area contributed by atoms with Gasteiger partial charge in [-0.1, -0.05) is 4.49 Å². The van der Waals surface area contributed by atoms with Gasteiger partial charge in [0.25, 0.3) is 0 Å². The molecule has 0 aliphatic rings. The second kappa shape index (κ2) is 5.72. The summed E-state index contributed by atoms with van der Waals surface area (Å²) in [4.78, 5) is 0. The van der Waals surface area contributed by atoms with E-state index in [0.29, 0.717) is 0 Å². The smallest absolute Gasteiger partial charge is 0.0893 e. The number of H-pyrrole nitrogens is 1. The predicted octanol–water partition coefficient (Wildman–Crippen LogP) is 1.29. The van der Waals surface area contributed by atoms with E-state index in [-0.39, 0.29) is 0 Å². The van der Waals surface area contributed by atoms with E-state index in [1.807, 2.05) is 11.6 Å². The second-order valence-electron chi connectivity index (χ2n) is 3.70. The molecule has 2 aromatic heterocycles. The summed E-state index contributed by atoms with van der Waals surface area (Å²) in [5.41, 5.74) is 3.49. The van der Waals surface area contributed by atoms with Gasteiger partial charge >= 0.3 is 0 Å². The summed E-state index contributed by atoms with van der Waals surface area (Å²) in [6.45, 7) is 3.85. The minimum atomic E-state index is 0.806. The van der Waals surface area contributed by atoms with Crippen LogP contribution in [0, 0.1) is 6.92 Å². The summed E-state index contributed by atoms with van der Waals surface area (Å²) in [5.74, 6) is 0. The number of rotatable bonds is 6. The Bertz CT molecular complexity index is 409. The van der Waals surface area contributed by atoms with E-state index in [1.54, 1.807) is 0 Å². The highest BCUT2D eigenvalue weighted by Crippen LogP contribution is 2.05. The Kier molecular flexibility index (Phi) is 4.01. The number of hydrogen-bond acceptors (Lipinski definition) is 5. The third kappa shape index (κ3) is 3.11. The number of aromatic amines is 1. The first-order valence-corrected chi connectivity index (χ1v) is 6.15. The molecule has 0 saturated heterocycles. The Morgan fingerprint density at radius 2 is 2.44 bits per heavy atom. The first-order chi connectivity index (χ1) is 7.86. The van der Waals surface area contributed by atoms with Gasteiger partial charge in [0.15, 0.2) is 0 Å². The zero-order valence-electron chi connectivity index (χ0n) is 9.23. The highest BCUT2D eigenvalue weighted by atomic mass is 32.1. The van der Waals surface area contributed by atoms with Gasteiger partial charge in [0.05, 0.1) is 11.9 Å². The molecule has 0 aromatic carbocycles. The van der Waals surface area contributed by atoms with Crippen LogP contribution in [-0.4, -0.2) is 26.3 Å². The van der Waals surface area contributed by atoms with E-state index in [1.165, 1.54) is 22.8 Å². The summed E-state index contributed by atoms with van der Waals surface area (Å²) in [6.07, 6.45) is 4.07. The van der Waals surface area contributed by atoms with Crippen LogP contribution in [0.2, 0.25) is 0 Å². The third-order valence-electron chi connectivity index (χ3n) is 2.45. The van der Waals surface area contributed by atoms with Crippen LogP contribution in [0.4, 0.5) is 0 Å². The van der Waals surface area contributed by atoms with Crippen LogP contribution >= 0.6 is 11.5 Å². The van der Waals surface area contributed by atoms with Gasteiger partial charge in [-0.2, -0.15) is 5.10 Å². The molecule has 5 nitrogen and oxygen atoms in total. The van der Waals surface area contributed by atoms with Crippen LogP contribution in [0.15, 0.2) is 11.6 Å². The number of aryl methyl sites for hydroxylation is 2. The van der Waals surface area contributed by atoms with Gasteiger partial charge in [0.1, 0.15) is 0 Å². The molecule has 0 saturated carbocycles. The molecule has 2 aromatic rings. The first-order valence-electron chi connectivity index (χ1n) is 5.32. The lowest BCUT2D eigenvalue weighted by Gasteiger charge is -2.01. The Morgan fingerprint density at radius 1 is 1.50 bits per heavy atom. The van der Waals surface area contributed by atoms with Gasteiger partial charge in [0.2, 0.25) is 0 Å². The minimum absolute atomic E-state index is 0.806. The molecule has 0 unspecified atom stereocenters. The summed E-state index contributed by atoms with van der Waals surface area (Å²) in [7, 11) is 0. The van der Waals surface area contributed by atoms with Crippen LogP contribution in [0.1, 0.15) is 23.4 Å². The number of aromatic nitrogens is 4. The Labute approximate surface area is 98.4 Å².